The minimum atomic E-state index is -1.85. The summed E-state index contributed by atoms with van der Waals surface area (Å²) in [5.74, 6) is -0.135. The average Bonchev–Trinajstić information content (AvgIpc) is 3.25. The maximum Gasteiger partial charge on any atom is 0.256 e. The van der Waals surface area contributed by atoms with Crippen LogP contribution in [0.5, 0.6) is 0 Å². The fourth-order valence-electron chi connectivity index (χ4n) is 3.08. The normalized spacial score (nSPS) is 26.2. The number of carbonyl (C=O) groups excluding carboxylic acids is 1. The number of amides is 1. The number of nitrogens with one attached hydrogen (secondary N) is 1. The molecule has 0 radical (unpaired) electrons. The second-order valence-electron chi connectivity index (χ2n) is 6.21. The summed E-state index contributed by atoms with van der Waals surface area (Å²) < 4.78 is 19.8. The summed E-state index contributed by atoms with van der Waals surface area (Å²) in [6, 6.07) is 11.7. The molecule has 10 nitrogen and oxygen atoms in total. The zero-order valence-corrected chi connectivity index (χ0v) is 16.7. The molecule has 148 valence electrons. The van der Waals surface area contributed by atoms with Gasteiger partial charge < -0.3 is 15.2 Å². The van der Waals surface area contributed by atoms with Crippen molar-refractivity contribution in [2.24, 2.45) is 5.11 Å². The number of ether oxygens (including phenoxy) is 1. The Morgan fingerprint density at radius 1 is 1.38 bits per heavy atom. The number of anilines is 1. The summed E-state index contributed by atoms with van der Waals surface area (Å²) in [5.41, 5.74) is 9.81. The Kier molecular flexibility index (Phi) is 5.08. The van der Waals surface area contributed by atoms with Crippen molar-refractivity contribution in [3.8, 4) is 0 Å². The lowest BCUT2D eigenvalue weighted by molar-refractivity contribution is -0.00111. The number of rotatable bonds is 4. The van der Waals surface area contributed by atoms with Gasteiger partial charge in [0.25, 0.3) is 5.91 Å². The van der Waals surface area contributed by atoms with E-state index >= 15 is 0 Å². The van der Waals surface area contributed by atoms with E-state index in [1.807, 2.05) is 0 Å². The molecular weight excluding hydrogens is 496 g/mol. The van der Waals surface area contributed by atoms with E-state index in [1.165, 1.54) is 10.8 Å². The third kappa shape index (κ3) is 3.40. The molecule has 2 aromatic heterocycles. The van der Waals surface area contributed by atoms with Gasteiger partial charge in [-0.2, -0.15) is 5.10 Å². The predicted octanol–water partition coefficient (Wildman–Crippen LogP) is 3.15. The van der Waals surface area contributed by atoms with Crippen molar-refractivity contribution >= 4 is 39.8 Å². The van der Waals surface area contributed by atoms with E-state index in [-0.39, 0.29) is 17.4 Å². The Morgan fingerprint density at radius 3 is 2.86 bits per heavy atom. The molecule has 0 unspecified atom stereocenters. The smallest absolute Gasteiger partial charge is 0.256 e. The molecule has 1 saturated heterocycles. The molecule has 29 heavy (non-hydrogen) atoms. The number of aliphatic hydroxyl groups excluding tert-OH is 1. The van der Waals surface area contributed by atoms with Gasteiger partial charge in [0.05, 0.1) is 5.69 Å². The molecule has 0 spiro atoms. The van der Waals surface area contributed by atoms with Gasteiger partial charge in [0, 0.05) is 10.5 Å². The van der Waals surface area contributed by atoms with Crippen LogP contribution in [0.1, 0.15) is 22.2 Å². The Bertz CT molecular complexity index is 1120. The second-order valence-corrected chi connectivity index (χ2v) is 7.76. The zero-order chi connectivity index (χ0) is 20.6. The van der Waals surface area contributed by atoms with Crippen molar-refractivity contribution < 1.29 is 19.0 Å². The number of aliphatic hydroxyl groups is 1. The summed E-state index contributed by atoms with van der Waals surface area (Å²) in [4.78, 5) is 19.1. The minimum Gasteiger partial charge on any atom is -0.386 e. The summed E-state index contributed by atoms with van der Waals surface area (Å²) in [6.45, 7) is 0. The highest BCUT2D eigenvalue weighted by Gasteiger charge is 2.55. The van der Waals surface area contributed by atoms with E-state index in [2.05, 4.69) is 25.4 Å². The number of benzene rings is 1. The van der Waals surface area contributed by atoms with Gasteiger partial charge in [-0.15, -0.1) is 0 Å². The van der Waals surface area contributed by atoms with Crippen LogP contribution in [0.2, 0.25) is 0 Å². The molecule has 4 rings (SSSR count). The van der Waals surface area contributed by atoms with Crippen LogP contribution in [0.4, 0.5) is 10.2 Å². The summed E-state index contributed by atoms with van der Waals surface area (Å²) in [7, 11) is 0. The lowest BCUT2D eigenvalue weighted by Crippen LogP contribution is -2.33. The Morgan fingerprint density at radius 2 is 2.14 bits per heavy atom. The second kappa shape index (κ2) is 7.55. The number of alkyl halides is 2. The molecule has 12 heteroatoms. The van der Waals surface area contributed by atoms with E-state index in [4.69, 9.17) is 10.3 Å². The fourth-order valence-corrected chi connectivity index (χ4v) is 3.79. The summed E-state index contributed by atoms with van der Waals surface area (Å²) >= 11 is 1.57. The molecule has 1 amide bonds. The molecule has 0 saturated carbocycles. The van der Waals surface area contributed by atoms with Crippen LogP contribution >= 0.6 is 22.6 Å². The average molecular weight is 509 g/mol. The van der Waals surface area contributed by atoms with Crippen LogP contribution in [-0.2, 0) is 4.74 Å². The number of carbonyl (C=O) groups is 1. The van der Waals surface area contributed by atoms with Gasteiger partial charge in [-0.1, -0.05) is 18.2 Å². The molecule has 1 aliphatic heterocycles. The van der Waals surface area contributed by atoms with Crippen LogP contribution in [0.3, 0.4) is 0 Å². The minimum absolute atomic E-state index is 0.227. The van der Waals surface area contributed by atoms with Crippen LogP contribution < -0.4 is 5.32 Å². The van der Waals surface area contributed by atoms with E-state index in [9.17, 15) is 14.3 Å². The largest absolute Gasteiger partial charge is 0.386 e. The van der Waals surface area contributed by atoms with Crippen molar-refractivity contribution in [1.29, 1.82) is 0 Å². The molecule has 3 heterocycles. The van der Waals surface area contributed by atoms with Crippen LogP contribution in [0.25, 0.3) is 16.0 Å². The first-order valence-corrected chi connectivity index (χ1v) is 9.46. The molecule has 0 aliphatic carbocycles. The third-order valence-electron chi connectivity index (χ3n) is 4.47. The Labute approximate surface area is 176 Å². The molecule has 1 aromatic carbocycles. The Balaban J connectivity index is 1.68. The molecular formula is C17H13FIN7O3. The number of aromatic nitrogens is 3. The highest BCUT2D eigenvalue weighted by atomic mass is 127. The van der Waals surface area contributed by atoms with Gasteiger partial charge in [0.15, 0.2) is 12.0 Å². The maximum atomic E-state index is 14.7. The van der Waals surface area contributed by atoms with Crippen LogP contribution in [0.15, 0.2) is 53.9 Å². The van der Waals surface area contributed by atoms with Gasteiger partial charge >= 0.3 is 0 Å². The number of azide groups is 1. The maximum absolute atomic E-state index is 14.7. The molecule has 1 aliphatic rings. The summed E-state index contributed by atoms with van der Waals surface area (Å²) in [5, 5.41) is 20.3. The van der Waals surface area contributed by atoms with E-state index in [0.717, 1.165) is 0 Å². The van der Waals surface area contributed by atoms with Gasteiger partial charge in [-0.25, -0.2) is 13.9 Å². The first-order chi connectivity index (χ1) is 13.9. The molecule has 1 fully saturated rings. The highest BCUT2D eigenvalue weighted by molar-refractivity contribution is 14.1. The summed E-state index contributed by atoms with van der Waals surface area (Å²) in [6.07, 6.45) is -3.54. The first-order valence-electron chi connectivity index (χ1n) is 8.39. The highest BCUT2D eigenvalue weighted by Crippen LogP contribution is 2.46. The van der Waals surface area contributed by atoms with Crippen LogP contribution in [0, 0.1) is 0 Å². The lowest BCUT2D eigenvalue weighted by Gasteiger charge is -2.18. The molecule has 2 N–H and O–H groups in total. The van der Waals surface area contributed by atoms with Gasteiger partial charge in [0.1, 0.15) is 24.1 Å². The van der Waals surface area contributed by atoms with E-state index in [0.29, 0.717) is 11.1 Å². The SMILES string of the molecule is [N-]=[N+]=N[C@]1(I)O[C@@H](c2ccc3c(NC(=O)c4ccccc4)ncnn23)[C@H](F)[C@@H]1O. The predicted molar refractivity (Wildman–Crippen MR) is 108 cm³/mol. The zero-order valence-electron chi connectivity index (χ0n) is 14.6. The third-order valence-corrected chi connectivity index (χ3v) is 5.58. The lowest BCUT2D eigenvalue weighted by atomic mass is 10.1. The van der Waals surface area contributed by atoms with Gasteiger partial charge in [0.2, 0.25) is 3.73 Å². The first kappa shape index (κ1) is 19.5. The monoisotopic (exact) mass is 509 g/mol. The van der Waals surface area contributed by atoms with Gasteiger partial charge in [-0.05, 0) is 57.5 Å². The van der Waals surface area contributed by atoms with Crippen molar-refractivity contribution in [1.82, 2.24) is 14.6 Å². The molecule has 4 atom stereocenters. The number of halogens is 2. The van der Waals surface area contributed by atoms with Gasteiger partial charge in [-0.3, -0.25) is 4.79 Å². The number of hydrogen-bond donors (Lipinski definition) is 2. The van der Waals surface area contributed by atoms with Crippen molar-refractivity contribution in [3.63, 3.8) is 0 Å². The molecule has 0 bridgehead atoms. The Hall–Kier alpha value is -2.80. The number of nitrogens with zero attached hydrogens (tertiary/aromatic N) is 6. The van der Waals surface area contributed by atoms with E-state index in [1.54, 1.807) is 65.1 Å². The molecule has 3 aromatic rings. The quantitative estimate of drug-likeness (QED) is 0.139. The van der Waals surface area contributed by atoms with E-state index < -0.39 is 22.1 Å². The van der Waals surface area contributed by atoms with Crippen molar-refractivity contribution in [3.05, 3.63) is 70.5 Å². The fraction of sp³-hybridized carbons (Fsp3) is 0.235. The standard InChI is InChI=1S/C17H13FIN7O3/c18-12-13(29-17(19,14(12)27)24-25-20)10-6-7-11-15(21-8-22-26(10)11)23-16(28)9-4-2-1-3-5-9/h1-8,12-14,27H,(H,21,22,23,28)/t12-,13-,14-,17-/m0/s1. The van der Waals surface area contributed by atoms with Crippen molar-refractivity contribution in [2.75, 3.05) is 5.32 Å². The van der Waals surface area contributed by atoms with Crippen LogP contribution in [-0.4, -0.2) is 41.6 Å². The topological polar surface area (TPSA) is 138 Å². The number of fused-ring (bicyclic) bond motifs is 1. The number of hydrogen-bond acceptors (Lipinski definition) is 6. The van der Waals surface area contributed by atoms with Crippen molar-refractivity contribution in [2.45, 2.75) is 22.1 Å².